The van der Waals surface area contributed by atoms with E-state index in [1.807, 2.05) is 39.6 Å². The van der Waals surface area contributed by atoms with Gasteiger partial charge in [0.1, 0.15) is 0 Å². The van der Waals surface area contributed by atoms with Crippen LogP contribution in [-0.2, 0) is 16.7 Å². The number of rotatable bonds is 5. The van der Waals surface area contributed by atoms with Gasteiger partial charge in [0, 0.05) is 31.7 Å². The summed E-state index contributed by atoms with van der Waals surface area (Å²) in [7, 11) is -3.15. The molecule has 1 aromatic heterocycles. The third kappa shape index (κ3) is 4.64. The summed E-state index contributed by atoms with van der Waals surface area (Å²) in [5.41, 5.74) is 4.41. The molecule has 0 unspecified atom stereocenters. The highest BCUT2D eigenvalue weighted by atomic mass is 32.2. The monoisotopic (exact) mass is 457 g/mol. The lowest BCUT2D eigenvalue weighted by Gasteiger charge is -2.32. The molecule has 0 spiro atoms. The van der Waals surface area contributed by atoms with Gasteiger partial charge in [-0.2, -0.15) is 4.31 Å². The molecular formula is C22H27N5O2S2. The van der Waals surface area contributed by atoms with Crippen LogP contribution in [0.5, 0.6) is 0 Å². The van der Waals surface area contributed by atoms with Gasteiger partial charge in [0.15, 0.2) is 5.82 Å². The van der Waals surface area contributed by atoms with E-state index in [2.05, 4.69) is 36.9 Å². The van der Waals surface area contributed by atoms with Crippen LogP contribution in [0, 0.1) is 18.6 Å². The van der Waals surface area contributed by atoms with Gasteiger partial charge in [-0.1, -0.05) is 36.4 Å². The number of aryl methyl sites for hydroxylation is 2. The number of hydrogen-bond donors (Lipinski definition) is 0. The van der Waals surface area contributed by atoms with Crippen LogP contribution < -0.4 is 0 Å². The number of piperazine rings is 1. The van der Waals surface area contributed by atoms with Crippen molar-refractivity contribution in [2.45, 2.75) is 20.5 Å². The molecule has 1 aliphatic heterocycles. The summed E-state index contributed by atoms with van der Waals surface area (Å²) in [6.07, 6.45) is 1.26. The summed E-state index contributed by atoms with van der Waals surface area (Å²) in [5, 5.41) is 4.87. The fourth-order valence-electron chi connectivity index (χ4n) is 3.76. The van der Waals surface area contributed by atoms with Crippen LogP contribution in [-0.4, -0.2) is 64.4 Å². The molecular weight excluding hydrogens is 430 g/mol. The second kappa shape index (κ2) is 8.66. The van der Waals surface area contributed by atoms with Crippen LogP contribution >= 0.6 is 12.2 Å². The Hall–Kier alpha value is -2.33. The molecule has 0 aliphatic carbocycles. The van der Waals surface area contributed by atoms with Crippen molar-refractivity contribution in [3.8, 4) is 17.1 Å². The SMILES string of the molecule is Cc1ccc(-n2c(-c3ccccc3)nn(CN3CCN(S(C)(=O)=O)CC3)c2=S)cc1C. The number of hydrogen-bond acceptors (Lipinski definition) is 5. The first-order valence-electron chi connectivity index (χ1n) is 10.2. The van der Waals surface area contributed by atoms with E-state index in [0.29, 0.717) is 37.6 Å². The lowest BCUT2D eigenvalue weighted by atomic mass is 10.1. The number of nitrogens with zero attached hydrogens (tertiary/aromatic N) is 5. The zero-order chi connectivity index (χ0) is 22.2. The smallest absolute Gasteiger partial charge is 0.211 e. The maximum absolute atomic E-state index is 11.8. The van der Waals surface area contributed by atoms with Gasteiger partial charge in [-0.15, -0.1) is 5.10 Å². The minimum absolute atomic E-state index is 0.482. The number of benzene rings is 2. The Labute approximate surface area is 188 Å². The van der Waals surface area contributed by atoms with E-state index in [1.54, 1.807) is 0 Å². The highest BCUT2D eigenvalue weighted by Crippen LogP contribution is 2.24. The van der Waals surface area contributed by atoms with Crippen molar-refractivity contribution in [3.05, 3.63) is 64.4 Å². The second-order valence-corrected chi connectivity index (χ2v) is 10.3. The van der Waals surface area contributed by atoms with Crippen LogP contribution in [0.15, 0.2) is 48.5 Å². The number of sulfonamides is 1. The highest BCUT2D eigenvalue weighted by Gasteiger charge is 2.24. The summed E-state index contributed by atoms with van der Waals surface area (Å²) in [6.45, 7) is 6.96. The van der Waals surface area contributed by atoms with Gasteiger partial charge in [-0.25, -0.2) is 13.1 Å². The van der Waals surface area contributed by atoms with Crippen molar-refractivity contribution in [2.75, 3.05) is 32.4 Å². The summed E-state index contributed by atoms with van der Waals surface area (Å²) in [5.74, 6) is 0.795. The molecule has 0 radical (unpaired) electrons. The normalized spacial score (nSPS) is 16.0. The van der Waals surface area contributed by atoms with E-state index >= 15 is 0 Å². The maximum Gasteiger partial charge on any atom is 0.211 e. The molecule has 1 aliphatic rings. The first-order chi connectivity index (χ1) is 14.7. The van der Waals surface area contributed by atoms with Gasteiger partial charge in [-0.3, -0.25) is 9.47 Å². The Balaban J connectivity index is 1.69. The average Bonchev–Trinajstić information content (AvgIpc) is 3.06. The molecule has 1 saturated heterocycles. The molecule has 3 aromatic rings. The van der Waals surface area contributed by atoms with Gasteiger partial charge in [0.2, 0.25) is 14.8 Å². The molecule has 4 rings (SSSR count). The molecule has 9 heteroatoms. The molecule has 2 aromatic carbocycles. The molecule has 31 heavy (non-hydrogen) atoms. The van der Waals surface area contributed by atoms with E-state index in [9.17, 15) is 8.42 Å². The largest absolute Gasteiger partial charge is 0.282 e. The van der Waals surface area contributed by atoms with E-state index < -0.39 is 10.0 Å². The Bertz CT molecular complexity index is 1240. The first kappa shape index (κ1) is 21.9. The molecule has 0 N–H and O–H groups in total. The lowest BCUT2D eigenvalue weighted by Crippen LogP contribution is -2.48. The molecule has 0 atom stereocenters. The van der Waals surface area contributed by atoms with Crippen LogP contribution in [0.1, 0.15) is 11.1 Å². The minimum atomic E-state index is -3.15. The second-order valence-electron chi connectivity index (χ2n) is 8.00. The Morgan fingerprint density at radius 3 is 2.26 bits per heavy atom. The molecule has 1 fully saturated rings. The van der Waals surface area contributed by atoms with Gasteiger partial charge in [0.25, 0.3) is 0 Å². The summed E-state index contributed by atoms with van der Waals surface area (Å²) < 4.78 is 29.6. The quantitative estimate of drug-likeness (QED) is 0.551. The zero-order valence-corrected chi connectivity index (χ0v) is 19.7. The first-order valence-corrected chi connectivity index (χ1v) is 12.5. The summed E-state index contributed by atoms with van der Waals surface area (Å²) >= 11 is 5.85. The van der Waals surface area contributed by atoms with Gasteiger partial charge >= 0.3 is 0 Å². The Kier molecular flexibility index (Phi) is 6.11. The topological polar surface area (TPSA) is 63.4 Å². The van der Waals surface area contributed by atoms with Crippen molar-refractivity contribution in [1.29, 1.82) is 0 Å². The van der Waals surface area contributed by atoms with Crippen molar-refractivity contribution >= 4 is 22.2 Å². The molecule has 164 valence electrons. The summed E-state index contributed by atoms with van der Waals surface area (Å²) in [6, 6.07) is 16.3. The van der Waals surface area contributed by atoms with Crippen molar-refractivity contribution in [3.63, 3.8) is 0 Å². The minimum Gasteiger partial charge on any atom is -0.282 e. The van der Waals surface area contributed by atoms with Crippen molar-refractivity contribution < 1.29 is 8.42 Å². The fourth-order valence-corrected chi connectivity index (χ4v) is 4.88. The molecule has 0 bridgehead atoms. The molecule has 0 saturated carbocycles. The van der Waals surface area contributed by atoms with Crippen LogP contribution in [0.2, 0.25) is 0 Å². The third-order valence-electron chi connectivity index (χ3n) is 5.75. The Morgan fingerprint density at radius 2 is 1.65 bits per heavy atom. The van der Waals surface area contributed by atoms with E-state index in [1.165, 1.54) is 21.7 Å². The standard InChI is InChI=1S/C22H27N5O2S2/c1-17-9-10-20(15-18(17)2)27-21(19-7-5-4-6-8-19)23-26(22(27)30)16-24-11-13-25(14-12-24)31(3,28)29/h4-10,15H,11-14,16H2,1-3H3. The van der Waals surface area contributed by atoms with Crippen LogP contribution in [0.25, 0.3) is 17.1 Å². The zero-order valence-electron chi connectivity index (χ0n) is 18.0. The van der Waals surface area contributed by atoms with Crippen LogP contribution in [0.4, 0.5) is 0 Å². The maximum atomic E-state index is 11.8. The van der Waals surface area contributed by atoms with Crippen LogP contribution in [0.3, 0.4) is 0 Å². The van der Waals surface area contributed by atoms with Gasteiger partial charge in [0.05, 0.1) is 18.6 Å². The predicted molar refractivity (Wildman–Crippen MR) is 125 cm³/mol. The van der Waals surface area contributed by atoms with E-state index in [-0.39, 0.29) is 0 Å². The average molecular weight is 458 g/mol. The number of aromatic nitrogens is 3. The van der Waals surface area contributed by atoms with E-state index in [0.717, 1.165) is 17.1 Å². The Morgan fingerprint density at radius 1 is 0.968 bits per heavy atom. The summed E-state index contributed by atoms with van der Waals surface area (Å²) in [4.78, 5) is 2.18. The van der Waals surface area contributed by atoms with Crippen molar-refractivity contribution in [2.24, 2.45) is 0 Å². The van der Waals surface area contributed by atoms with Gasteiger partial charge in [-0.05, 0) is 49.3 Å². The highest BCUT2D eigenvalue weighted by molar-refractivity contribution is 7.88. The van der Waals surface area contributed by atoms with Gasteiger partial charge < -0.3 is 0 Å². The van der Waals surface area contributed by atoms with E-state index in [4.69, 9.17) is 17.3 Å². The predicted octanol–water partition coefficient (Wildman–Crippen LogP) is 3.22. The molecule has 7 nitrogen and oxygen atoms in total. The molecule has 0 amide bonds. The third-order valence-corrected chi connectivity index (χ3v) is 7.45. The van der Waals surface area contributed by atoms with Crippen molar-refractivity contribution in [1.82, 2.24) is 23.6 Å². The fraction of sp³-hybridized carbons (Fsp3) is 0.364. The molecule has 2 heterocycles. The lowest BCUT2D eigenvalue weighted by molar-refractivity contribution is 0.145.